The third-order valence-electron chi connectivity index (χ3n) is 2.71. The van der Waals surface area contributed by atoms with Gasteiger partial charge in [0.2, 0.25) is 5.91 Å². The SMILES string of the molecule is C#CC(C)(C)NC(=O)C1CC(NC)C1. The first-order chi connectivity index (χ1) is 6.48. The number of rotatable bonds is 3. The van der Waals surface area contributed by atoms with Gasteiger partial charge in [-0.05, 0) is 33.7 Å². The molecule has 0 heterocycles. The molecule has 0 radical (unpaired) electrons. The molecule has 78 valence electrons. The van der Waals surface area contributed by atoms with E-state index in [0.717, 1.165) is 12.8 Å². The molecule has 0 spiro atoms. The summed E-state index contributed by atoms with van der Waals surface area (Å²) in [6.45, 7) is 3.66. The standard InChI is InChI=1S/C11H18N2O/c1-5-11(2,3)13-10(14)8-6-9(7-8)12-4/h1,8-9,12H,6-7H2,2-4H3,(H,13,14). The van der Waals surface area contributed by atoms with Gasteiger partial charge >= 0.3 is 0 Å². The monoisotopic (exact) mass is 194 g/mol. The van der Waals surface area contributed by atoms with Crippen molar-refractivity contribution in [2.75, 3.05) is 7.05 Å². The lowest BCUT2D eigenvalue weighted by Crippen LogP contribution is -2.51. The molecule has 0 unspecified atom stereocenters. The summed E-state index contributed by atoms with van der Waals surface area (Å²) < 4.78 is 0. The summed E-state index contributed by atoms with van der Waals surface area (Å²) in [5.74, 6) is 2.77. The van der Waals surface area contributed by atoms with E-state index in [0.29, 0.717) is 6.04 Å². The Morgan fingerprint density at radius 3 is 2.50 bits per heavy atom. The van der Waals surface area contributed by atoms with Crippen LogP contribution in [0.4, 0.5) is 0 Å². The van der Waals surface area contributed by atoms with E-state index in [2.05, 4.69) is 16.6 Å². The average molecular weight is 194 g/mol. The molecule has 1 aliphatic carbocycles. The highest BCUT2D eigenvalue weighted by Gasteiger charge is 2.35. The number of carbonyl (C=O) groups is 1. The Morgan fingerprint density at radius 2 is 2.07 bits per heavy atom. The van der Waals surface area contributed by atoms with Crippen LogP contribution in [0, 0.1) is 18.3 Å². The number of hydrogen-bond acceptors (Lipinski definition) is 2. The molecule has 0 saturated heterocycles. The quantitative estimate of drug-likeness (QED) is 0.643. The fourth-order valence-electron chi connectivity index (χ4n) is 1.51. The van der Waals surface area contributed by atoms with Crippen LogP contribution in [0.15, 0.2) is 0 Å². The second-order valence-corrected chi connectivity index (χ2v) is 4.41. The second kappa shape index (κ2) is 4.02. The molecular formula is C11H18N2O. The minimum atomic E-state index is -0.526. The lowest BCUT2D eigenvalue weighted by molar-refractivity contribution is -0.129. The molecule has 1 amide bonds. The normalized spacial score (nSPS) is 26.1. The van der Waals surface area contributed by atoms with Gasteiger partial charge in [-0.3, -0.25) is 4.79 Å². The Morgan fingerprint density at radius 1 is 1.50 bits per heavy atom. The third-order valence-corrected chi connectivity index (χ3v) is 2.71. The molecule has 3 nitrogen and oxygen atoms in total. The van der Waals surface area contributed by atoms with E-state index >= 15 is 0 Å². The highest BCUT2D eigenvalue weighted by molar-refractivity contribution is 5.80. The van der Waals surface area contributed by atoms with E-state index in [-0.39, 0.29) is 11.8 Å². The van der Waals surface area contributed by atoms with E-state index in [4.69, 9.17) is 6.42 Å². The molecule has 2 N–H and O–H groups in total. The molecule has 14 heavy (non-hydrogen) atoms. The van der Waals surface area contributed by atoms with Crippen LogP contribution in [0.2, 0.25) is 0 Å². The highest BCUT2D eigenvalue weighted by Crippen LogP contribution is 2.27. The van der Waals surface area contributed by atoms with Crippen LogP contribution >= 0.6 is 0 Å². The number of hydrogen-bond donors (Lipinski definition) is 2. The molecule has 1 fully saturated rings. The molecule has 0 aromatic carbocycles. The van der Waals surface area contributed by atoms with Gasteiger partial charge in [-0.2, -0.15) is 0 Å². The zero-order valence-corrected chi connectivity index (χ0v) is 9.05. The van der Waals surface area contributed by atoms with E-state index < -0.39 is 5.54 Å². The fraction of sp³-hybridized carbons (Fsp3) is 0.727. The van der Waals surface area contributed by atoms with Crippen LogP contribution in [-0.4, -0.2) is 24.5 Å². The van der Waals surface area contributed by atoms with Crippen molar-refractivity contribution >= 4 is 5.91 Å². The van der Waals surface area contributed by atoms with Crippen LogP contribution in [-0.2, 0) is 4.79 Å². The van der Waals surface area contributed by atoms with Crippen molar-refractivity contribution in [3.05, 3.63) is 0 Å². The van der Waals surface area contributed by atoms with Crippen molar-refractivity contribution in [2.45, 2.75) is 38.3 Å². The maximum absolute atomic E-state index is 11.6. The summed E-state index contributed by atoms with van der Waals surface area (Å²) in [5, 5.41) is 5.99. The molecule has 0 atom stereocenters. The van der Waals surface area contributed by atoms with E-state index in [1.165, 1.54) is 0 Å². The Kier molecular flexibility index (Phi) is 3.17. The van der Waals surface area contributed by atoms with Gasteiger partial charge in [-0.1, -0.05) is 5.92 Å². The Hall–Kier alpha value is -1.01. The average Bonchev–Trinajstić information content (AvgIpc) is 2.01. The minimum Gasteiger partial charge on any atom is -0.340 e. The third kappa shape index (κ3) is 2.49. The van der Waals surface area contributed by atoms with Gasteiger partial charge in [0, 0.05) is 12.0 Å². The second-order valence-electron chi connectivity index (χ2n) is 4.41. The first-order valence-corrected chi connectivity index (χ1v) is 4.95. The summed E-state index contributed by atoms with van der Waals surface area (Å²) in [4.78, 5) is 11.6. The number of terminal acetylenes is 1. The van der Waals surface area contributed by atoms with Gasteiger partial charge in [0.05, 0.1) is 5.54 Å². The van der Waals surface area contributed by atoms with Gasteiger partial charge in [0.15, 0.2) is 0 Å². The number of amides is 1. The summed E-state index contributed by atoms with van der Waals surface area (Å²) in [6.07, 6.45) is 7.13. The van der Waals surface area contributed by atoms with Crippen LogP contribution in [0.3, 0.4) is 0 Å². The van der Waals surface area contributed by atoms with Crippen LogP contribution in [0.5, 0.6) is 0 Å². The molecular weight excluding hydrogens is 176 g/mol. The molecule has 3 heteroatoms. The largest absolute Gasteiger partial charge is 0.340 e. The predicted molar refractivity (Wildman–Crippen MR) is 56.6 cm³/mol. The zero-order chi connectivity index (χ0) is 10.8. The van der Waals surface area contributed by atoms with Crippen LogP contribution < -0.4 is 10.6 Å². The lowest BCUT2D eigenvalue weighted by atomic mass is 9.79. The number of nitrogens with one attached hydrogen (secondary N) is 2. The van der Waals surface area contributed by atoms with Gasteiger partial charge in [-0.25, -0.2) is 0 Å². The van der Waals surface area contributed by atoms with E-state index in [9.17, 15) is 4.79 Å². The number of carbonyl (C=O) groups excluding carboxylic acids is 1. The van der Waals surface area contributed by atoms with E-state index in [1.54, 1.807) is 0 Å². The summed E-state index contributed by atoms with van der Waals surface area (Å²) in [6, 6.07) is 0.500. The van der Waals surface area contributed by atoms with Crippen molar-refractivity contribution in [3.63, 3.8) is 0 Å². The first kappa shape index (κ1) is 11.1. The molecule has 1 rings (SSSR count). The summed E-state index contributed by atoms with van der Waals surface area (Å²) in [5.41, 5.74) is -0.526. The molecule has 1 aliphatic rings. The van der Waals surface area contributed by atoms with Gasteiger partial charge in [-0.15, -0.1) is 6.42 Å². The maximum Gasteiger partial charge on any atom is 0.224 e. The van der Waals surface area contributed by atoms with Crippen molar-refractivity contribution in [2.24, 2.45) is 5.92 Å². The molecule has 0 aromatic rings. The maximum atomic E-state index is 11.6. The summed E-state index contributed by atoms with van der Waals surface area (Å²) in [7, 11) is 1.92. The van der Waals surface area contributed by atoms with Gasteiger partial charge in [0.25, 0.3) is 0 Å². The smallest absolute Gasteiger partial charge is 0.224 e. The lowest BCUT2D eigenvalue weighted by Gasteiger charge is -2.35. The van der Waals surface area contributed by atoms with Crippen molar-refractivity contribution in [1.82, 2.24) is 10.6 Å². The zero-order valence-electron chi connectivity index (χ0n) is 9.05. The van der Waals surface area contributed by atoms with Crippen LogP contribution in [0.1, 0.15) is 26.7 Å². The predicted octanol–water partition coefficient (Wildman–Crippen LogP) is 0.512. The van der Waals surface area contributed by atoms with Crippen molar-refractivity contribution < 1.29 is 4.79 Å². The summed E-state index contributed by atoms with van der Waals surface area (Å²) >= 11 is 0. The van der Waals surface area contributed by atoms with Crippen LogP contribution in [0.25, 0.3) is 0 Å². The topological polar surface area (TPSA) is 41.1 Å². The van der Waals surface area contributed by atoms with Gasteiger partial charge in [0.1, 0.15) is 0 Å². The molecule has 1 saturated carbocycles. The minimum absolute atomic E-state index is 0.0828. The Bertz CT molecular complexity index is 259. The molecule has 0 bridgehead atoms. The Balaban J connectivity index is 2.35. The van der Waals surface area contributed by atoms with E-state index in [1.807, 2.05) is 20.9 Å². The fourth-order valence-corrected chi connectivity index (χ4v) is 1.51. The molecule has 0 aliphatic heterocycles. The molecule has 0 aromatic heterocycles. The first-order valence-electron chi connectivity index (χ1n) is 4.95. The highest BCUT2D eigenvalue weighted by atomic mass is 16.2. The van der Waals surface area contributed by atoms with Gasteiger partial charge < -0.3 is 10.6 Å². The van der Waals surface area contributed by atoms with Crippen molar-refractivity contribution in [1.29, 1.82) is 0 Å². The Labute approximate surface area is 85.6 Å². The van der Waals surface area contributed by atoms with Crippen molar-refractivity contribution in [3.8, 4) is 12.3 Å².